The number of rotatable bonds is 8. The second-order valence-corrected chi connectivity index (χ2v) is 7.91. The highest BCUT2D eigenvalue weighted by Gasteiger charge is 2.45. The molecule has 0 bridgehead atoms. The van der Waals surface area contributed by atoms with Gasteiger partial charge in [0.1, 0.15) is 5.76 Å². The SMILES string of the molecule is CCCCCCN1C(=O)C(=O)C(=C(O)c2ccccc2)[C@H]1c1ccc(N(C)C)cc1. The van der Waals surface area contributed by atoms with Gasteiger partial charge in [0.15, 0.2) is 0 Å². The van der Waals surface area contributed by atoms with E-state index in [1.165, 1.54) is 0 Å². The molecule has 2 aromatic carbocycles. The van der Waals surface area contributed by atoms with E-state index < -0.39 is 17.7 Å². The maximum Gasteiger partial charge on any atom is 0.295 e. The summed E-state index contributed by atoms with van der Waals surface area (Å²) in [6.07, 6.45) is 4.03. The molecule has 0 spiro atoms. The van der Waals surface area contributed by atoms with Gasteiger partial charge in [-0.05, 0) is 24.1 Å². The molecular formula is C25H30N2O3. The van der Waals surface area contributed by atoms with E-state index in [1.807, 2.05) is 49.3 Å². The number of aliphatic hydroxyl groups is 1. The third kappa shape index (κ3) is 4.40. The Morgan fingerprint density at radius 1 is 0.967 bits per heavy atom. The predicted molar refractivity (Wildman–Crippen MR) is 120 cm³/mol. The van der Waals surface area contributed by atoms with E-state index in [0.29, 0.717) is 12.1 Å². The summed E-state index contributed by atoms with van der Waals surface area (Å²) in [6.45, 7) is 2.63. The zero-order valence-electron chi connectivity index (χ0n) is 18.0. The van der Waals surface area contributed by atoms with Crippen molar-refractivity contribution in [2.45, 2.75) is 38.6 Å². The Hall–Kier alpha value is -3.08. The van der Waals surface area contributed by atoms with Gasteiger partial charge in [0.2, 0.25) is 0 Å². The molecule has 1 amide bonds. The minimum Gasteiger partial charge on any atom is -0.507 e. The Kier molecular flexibility index (Phi) is 6.93. The van der Waals surface area contributed by atoms with Crippen molar-refractivity contribution in [1.82, 2.24) is 4.90 Å². The number of ketones is 1. The molecule has 3 rings (SSSR count). The number of Topliss-reactive ketones (excluding diaryl/α,β-unsaturated/α-hetero) is 1. The highest BCUT2D eigenvalue weighted by Crippen LogP contribution is 2.39. The highest BCUT2D eigenvalue weighted by atomic mass is 16.3. The van der Waals surface area contributed by atoms with Crippen molar-refractivity contribution in [3.8, 4) is 0 Å². The number of unbranched alkanes of at least 4 members (excludes halogenated alkanes) is 3. The summed E-state index contributed by atoms with van der Waals surface area (Å²) in [5, 5.41) is 11.0. The van der Waals surface area contributed by atoms with Crippen molar-refractivity contribution in [3.05, 3.63) is 71.3 Å². The van der Waals surface area contributed by atoms with Gasteiger partial charge in [-0.1, -0.05) is 68.7 Å². The fourth-order valence-electron chi connectivity index (χ4n) is 3.87. The number of likely N-dealkylation sites (tertiary alicyclic amines) is 1. The van der Waals surface area contributed by atoms with Crippen LogP contribution in [0.3, 0.4) is 0 Å². The molecule has 0 aliphatic carbocycles. The van der Waals surface area contributed by atoms with Gasteiger partial charge in [0.25, 0.3) is 11.7 Å². The molecule has 1 atom stereocenters. The van der Waals surface area contributed by atoms with E-state index in [2.05, 4.69) is 6.92 Å². The molecule has 1 saturated heterocycles. The lowest BCUT2D eigenvalue weighted by atomic mass is 9.95. The van der Waals surface area contributed by atoms with Crippen LogP contribution in [0.5, 0.6) is 0 Å². The zero-order valence-corrected chi connectivity index (χ0v) is 18.0. The molecule has 1 heterocycles. The summed E-state index contributed by atoms with van der Waals surface area (Å²) in [6, 6.07) is 16.2. The first kappa shape index (κ1) is 21.6. The van der Waals surface area contributed by atoms with Crippen LogP contribution in [0.1, 0.15) is 49.8 Å². The van der Waals surface area contributed by atoms with Crippen molar-refractivity contribution in [2.24, 2.45) is 0 Å². The van der Waals surface area contributed by atoms with Gasteiger partial charge in [-0.15, -0.1) is 0 Å². The van der Waals surface area contributed by atoms with E-state index in [0.717, 1.165) is 36.9 Å². The number of amides is 1. The molecule has 0 radical (unpaired) electrons. The lowest BCUT2D eigenvalue weighted by molar-refractivity contribution is -0.139. The Balaban J connectivity index is 2.05. The number of aliphatic hydroxyl groups excluding tert-OH is 1. The molecule has 30 heavy (non-hydrogen) atoms. The third-order valence-electron chi connectivity index (χ3n) is 5.56. The summed E-state index contributed by atoms with van der Waals surface area (Å²) >= 11 is 0. The number of hydrogen-bond acceptors (Lipinski definition) is 4. The molecule has 0 unspecified atom stereocenters. The average molecular weight is 407 g/mol. The van der Waals surface area contributed by atoms with E-state index in [1.54, 1.807) is 29.2 Å². The van der Waals surface area contributed by atoms with Crippen molar-refractivity contribution in [1.29, 1.82) is 0 Å². The molecule has 1 aliphatic heterocycles. The van der Waals surface area contributed by atoms with Crippen molar-refractivity contribution in [3.63, 3.8) is 0 Å². The van der Waals surface area contributed by atoms with Crippen LogP contribution in [0.2, 0.25) is 0 Å². The maximum atomic E-state index is 13.0. The predicted octanol–water partition coefficient (Wildman–Crippen LogP) is 4.75. The third-order valence-corrected chi connectivity index (χ3v) is 5.56. The molecule has 5 nitrogen and oxygen atoms in total. The van der Waals surface area contributed by atoms with Crippen LogP contribution in [0.4, 0.5) is 5.69 Å². The number of benzene rings is 2. The molecule has 2 aromatic rings. The van der Waals surface area contributed by atoms with Gasteiger partial charge in [-0.3, -0.25) is 9.59 Å². The first-order chi connectivity index (χ1) is 14.5. The molecule has 0 aromatic heterocycles. The Labute approximate surface area is 178 Å². The fourth-order valence-corrected chi connectivity index (χ4v) is 3.87. The van der Waals surface area contributed by atoms with Gasteiger partial charge in [0.05, 0.1) is 11.6 Å². The normalized spacial score (nSPS) is 18.1. The lowest BCUT2D eigenvalue weighted by Crippen LogP contribution is -2.30. The molecule has 5 heteroatoms. The average Bonchev–Trinajstić information content (AvgIpc) is 3.01. The summed E-state index contributed by atoms with van der Waals surface area (Å²) in [5.74, 6) is -1.27. The minimum absolute atomic E-state index is 0.119. The Morgan fingerprint density at radius 2 is 1.63 bits per heavy atom. The largest absolute Gasteiger partial charge is 0.507 e. The van der Waals surface area contributed by atoms with E-state index >= 15 is 0 Å². The number of anilines is 1. The summed E-state index contributed by atoms with van der Waals surface area (Å²) < 4.78 is 0. The van der Waals surface area contributed by atoms with Gasteiger partial charge >= 0.3 is 0 Å². The van der Waals surface area contributed by atoms with E-state index in [9.17, 15) is 14.7 Å². The second-order valence-electron chi connectivity index (χ2n) is 7.91. The fraction of sp³-hybridized carbons (Fsp3) is 0.360. The van der Waals surface area contributed by atoms with Crippen LogP contribution in [0.25, 0.3) is 5.76 Å². The number of carbonyl (C=O) groups is 2. The van der Waals surface area contributed by atoms with Crippen molar-refractivity contribution >= 4 is 23.1 Å². The molecule has 1 aliphatic rings. The van der Waals surface area contributed by atoms with Crippen LogP contribution >= 0.6 is 0 Å². The van der Waals surface area contributed by atoms with Crippen LogP contribution in [0, 0.1) is 0 Å². The molecule has 158 valence electrons. The first-order valence-corrected chi connectivity index (χ1v) is 10.6. The molecule has 1 fully saturated rings. The van der Waals surface area contributed by atoms with Crippen LogP contribution in [-0.2, 0) is 9.59 Å². The monoisotopic (exact) mass is 406 g/mol. The van der Waals surface area contributed by atoms with Crippen molar-refractivity contribution < 1.29 is 14.7 Å². The van der Waals surface area contributed by atoms with Gasteiger partial charge in [-0.2, -0.15) is 0 Å². The Bertz CT molecular complexity index is 917. The van der Waals surface area contributed by atoms with Gasteiger partial charge < -0.3 is 14.9 Å². The van der Waals surface area contributed by atoms with Crippen LogP contribution in [0.15, 0.2) is 60.2 Å². The van der Waals surface area contributed by atoms with Gasteiger partial charge in [-0.25, -0.2) is 0 Å². The summed E-state index contributed by atoms with van der Waals surface area (Å²) in [5.41, 5.74) is 2.56. The topological polar surface area (TPSA) is 60.9 Å². The Morgan fingerprint density at radius 3 is 2.23 bits per heavy atom. The quantitative estimate of drug-likeness (QED) is 0.297. The maximum absolute atomic E-state index is 13.0. The molecule has 1 N–H and O–H groups in total. The van der Waals surface area contributed by atoms with E-state index in [-0.39, 0.29) is 11.3 Å². The number of hydrogen-bond donors (Lipinski definition) is 1. The van der Waals surface area contributed by atoms with E-state index in [4.69, 9.17) is 0 Å². The zero-order chi connectivity index (χ0) is 21.7. The van der Waals surface area contributed by atoms with Crippen molar-refractivity contribution in [2.75, 3.05) is 25.5 Å². The molecule has 0 saturated carbocycles. The van der Waals surface area contributed by atoms with Gasteiger partial charge in [0, 0.05) is 31.9 Å². The summed E-state index contributed by atoms with van der Waals surface area (Å²) in [7, 11) is 3.93. The minimum atomic E-state index is -0.617. The van der Waals surface area contributed by atoms with Crippen LogP contribution < -0.4 is 4.90 Å². The molecular weight excluding hydrogens is 376 g/mol. The first-order valence-electron chi connectivity index (χ1n) is 10.6. The number of carbonyl (C=O) groups excluding carboxylic acids is 2. The number of nitrogens with zero attached hydrogens (tertiary/aromatic N) is 2. The second kappa shape index (κ2) is 9.61. The summed E-state index contributed by atoms with van der Waals surface area (Å²) in [4.78, 5) is 29.5. The standard InChI is InChI=1S/C25H30N2O3/c1-4-5-6-10-17-27-22(18-13-15-20(16-14-18)26(2)3)21(24(29)25(27)30)23(28)19-11-8-7-9-12-19/h7-9,11-16,22,28H,4-6,10,17H2,1-3H3/t22-/m1/s1. The lowest BCUT2D eigenvalue weighted by Gasteiger charge is -2.26. The highest BCUT2D eigenvalue weighted by molar-refractivity contribution is 6.46. The van der Waals surface area contributed by atoms with Crippen LogP contribution in [-0.4, -0.2) is 42.3 Å². The smallest absolute Gasteiger partial charge is 0.295 e.